The summed E-state index contributed by atoms with van der Waals surface area (Å²) in [5.41, 5.74) is 3.35. The minimum absolute atomic E-state index is 0.172. The summed E-state index contributed by atoms with van der Waals surface area (Å²) in [5, 5.41) is 10.0. The van der Waals surface area contributed by atoms with Crippen molar-refractivity contribution >= 4 is 11.6 Å². The van der Waals surface area contributed by atoms with Gasteiger partial charge in [-0.2, -0.15) is 0 Å². The Labute approximate surface area is 156 Å². The van der Waals surface area contributed by atoms with Gasteiger partial charge in [0.15, 0.2) is 0 Å². The minimum Gasteiger partial charge on any atom is -0.508 e. The van der Waals surface area contributed by atoms with Gasteiger partial charge in [0.1, 0.15) is 5.75 Å². The van der Waals surface area contributed by atoms with Crippen molar-refractivity contribution < 1.29 is 5.11 Å². The van der Waals surface area contributed by atoms with E-state index in [1.807, 2.05) is 13.0 Å². The van der Waals surface area contributed by atoms with Gasteiger partial charge in [-0.05, 0) is 68.5 Å². The molecule has 0 radical (unpaired) electrons. The first kappa shape index (κ1) is 18.3. The largest absolute Gasteiger partial charge is 0.508 e. The monoisotopic (exact) mass is 357 g/mol. The van der Waals surface area contributed by atoms with Crippen LogP contribution in [-0.2, 0) is 5.54 Å². The molecule has 1 aliphatic heterocycles. The topological polar surface area (TPSA) is 23.5 Å². The third kappa shape index (κ3) is 3.70. The van der Waals surface area contributed by atoms with Gasteiger partial charge >= 0.3 is 0 Å². The molecule has 2 aromatic carbocycles. The lowest BCUT2D eigenvalue weighted by molar-refractivity contribution is 0.0879. The highest BCUT2D eigenvalue weighted by atomic mass is 35.5. The van der Waals surface area contributed by atoms with Gasteiger partial charge in [-0.1, -0.05) is 48.9 Å². The molecule has 3 rings (SSSR count). The second kappa shape index (κ2) is 8.25. The van der Waals surface area contributed by atoms with E-state index in [0.717, 1.165) is 31.5 Å². The molecule has 0 aliphatic carbocycles. The summed E-state index contributed by atoms with van der Waals surface area (Å²) in [6.45, 7) is 4.19. The molecule has 0 aromatic heterocycles. The maximum atomic E-state index is 10.0. The summed E-state index contributed by atoms with van der Waals surface area (Å²) in [6.07, 6.45) is 5.75. The van der Waals surface area contributed by atoms with Gasteiger partial charge in [0.05, 0.1) is 5.54 Å². The zero-order chi connectivity index (χ0) is 17.7. The summed E-state index contributed by atoms with van der Waals surface area (Å²) >= 11 is 6.12. The number of hydrogen-bond acceptors (Lipinski definition) is 2. The normalized spacial score (nSPS) is 18.0. The maximum absolute atomic E-state index is 10.0. The van der Waals surface area contributed by atoms with Crippen LogP contribution in [0.1, 0.15) is 48.8 Å². The lowest BCUT2D eigenvalue weighted by atomic mass is 9.76. The van der Waals surface area contributed by atoms with Crippen LogP contribution in [0.25, 0.3) is 0 Å². The predicted molar refractivity (Wildman–Crippen MR) is 105 cm³/mol. The first-order valence-corrected chi connectivity index (χ1v) is 9.88. The van der Waals surface area contributed by atoms with E-state index in [-0.39, 0.29) is 5.54 Å². The van der Waals surface area contributed by atoms with Gasteiger partial charge in [0, 0.05) is 5.88 Å². The number of benzene rings is 2. The van der Waals surface area contributed by atoms with Crippen LogP contribution >= 0.6 is 11.6 Å². The van der Waals surface area contributed by atoms with E-state index in [0.29, 0.717) is 11.6 Å². The van der Waals surface area contributed by atoms with Crippen LogP contribution in [0.3, 0.4) is 0 Å². The molecule has 1 fully saturated rings. The van der Waals surface area contributed by atoms with E-state index in [4.69, 9.17) is 11.6 Å². The highest BCUT2D eigenvalue weighted by Gasteiger charge is 2.40. The highest BCUT2D eigenvalue weighted by molar-refractivity contribution is 6.17. The highest BCUT2D eigenvalue weighted by Crippen LogP contribution is 2.42. The number of aryl methyl sites for hydroxylation is 1. The summed E-state index contributed by atoms with van der Waals surface area (Å²) in [4.78, 5) is 2.64. The SMILES string of the molecule is Cc1cc(C(CCCCl)(c2ccccc2)N2CCCCC2)ccc1O. The molecule has 1 saturated heterocycles. The third-order valence-electron chi connectivity index (χ3n) is 5.49. The van der Waals surface area contributed by atoms with Crippen molar-refractivity contribution in [2.75, 3.05) is 19.0 Å². The molecule has 1 unspecified atom stereocenters. The lowest BCUT2D eigenvalue weighted by Crippen LogP contribution is -2.49. The number of hydrogen-bond donors (Lipinski definition) is 1. The van der Waals surface area contributed by atoms with Crippen LogP contribution < -0.4 is 0 Å². The standard InChI is InChI=1S/C22H28ClNO/c1-18-17-20(11-12-21(18)25)22(13-8-14-23,19-9-4-2-5-10-19)24-15-6-3-7-16-24/h2,4-5,9-12,17,25H,3,6-8,13-16H2,1H3. The molecular weight excluding hydrogens is 330 g/mol. The molecule has 0 spiro atoms. The predicted octanol–water partition coefficient (Wildman–Crippen LogP) is 5.45. The Morgan fingerprint density at radius 3 is 2.36 bits per heavy atom. The quantitative estimate of drug-likeness (QED) is 0.695. The van der Waals surface area contributed by atoms with Crippen LogP contribution in [0, 0.1) is 6.92 Å². The molecule has 1 aliphatic rings. The van der Waals surface area contributed by atoms with Gasteiger partial charge in [-0.25, -0.2) is 0 Å². The minimum atomic E-state index is -0.172. The average molecular weight is 358 g/mol. The molecule has 0 amide bonds. The zero-order valence-electron chi connectivity index (χ0n) is 15.0. The molecule has 0 bridgehead atoms. The molecule has 2 aromatic rings. The summed E-state index contributed by atoms with van der Waals surface area (Å²) in [7, 11) is 0. The second-order valence-electron chi connectivity index (χ2n) is 7.07. The average Bonchev–Trinajstić information content (AvgIpc) is 2.67. The van der Waals surface area contributed by atoms with Gasteiger partial charge in [-0.3, -0.25) is 4.90 Å². The number of phenolic OH excluding ortho intramolecular Hbond substituents is 1. The van der Waals surface area contributed by atoms with Crippen molar-refractivity contribution in [3.05, 3.63) is 65.2 Å². The number of piperidine rings is 1. The van der Waals surface area contributed by atoms with E-state index < -0.39 is 0 Å². The zero-order valence-corrected chi connectivity index (χ0v) is 15.8. The van der Waals surface area contributed by atoms with E-state index in [1.54, 1.807) is 0 Å². The fraction of sp³-hybridized carbons (Fsp3) is 0.455. The first-order valence-electron chi connectivity index (χ1n) is 9.35. The van der Waals surface area contributed by atoms with Crippen molar-refractivity contribution in [2.24, 2.45) is 0 Å². The van der Waals surface area contributed by atoms with Gasteiger partial charge < -0.3 is 5.11 Å². The first-order chi connectivity index (χ1) is 12.2. The van der Waals surface area contributed by atoms with E-state index in [9.17, 15) is 5.11 Å². The number of alkyl halides is 1. The lowest BCUT2D eigenvalue weighted by Gasteiger charge is -2.47. The van der Waals surface area contributed by atoms with Crippen molar-refractivity contribution in [2.45, 2.75) is 44.6 Å². The Morgan fingerprint density at radius 2 is 1.72 bits per heavy atom. The molecule has 1 heterocycles. The van der Waals surface area contributed by atoms with Gasteiger partial charge in [-0.15, -0.1) is 11.6 Å². The summed E-state index contributed by atoms with van der Waals surface area (Å²) in [6, 6.07) is 16.9. The number of rotatable bonds is 6. The van der Waals surface area contributed by atoms with Crippen LogP contribution in [-0.4, -0.2) is 29.0 Å². The maximum Gasteiger partial charge on any atom is 0.118 e. The number of aromatic hydroxyl groups is 1. The molecule has 1 N–H and O–H groups in total. The van der Waals surface area contributed by atoms with Crippen molar-refractivity contribution in [1.29, 1.82) is 0 Å². The fourth-order valence-corrected chi connectivity index (χ4v) is 4.34. The molecule has 2 nitrogen and oxygen atoms in total. The van der Waals surface area contributed by atoms with Crippen LogP contribution in [0.15, 0.2) is 48.5 Å². The molecule has 0 saturated carbocycles. The Morgan fingerprint density at radius 1 is 1.00 bits per heavy atom. The van der Waals surface area contributed by atoms with Crippen LogP contribution in [0.2, 0.25) is 0 Å². The van der Waals surface area contributed by atoms with Crippen molar-refractivity contribution in [3.63, 3.8) is 0 Å². The van der Waals surface area contributed by atoms with E-state index >= 15 is 0 Å². The fourth-order valence-electron chi connectivity index (χ4n) is 4.20. The Bertz CT molecular complexity index is 682. The smallest absolute Gasteiger partial charge is 0.118 e. The van der Waals surface area contributed by atoms with E-state index in [2.05, 4.69) is 47.4 Å². The summed E-state index contributed by atoms with van der Waals surface area (Å²) < 4.78 is 0. The van der Waals surface area contributed by atoms with E-state index in [1.165, 1.54) is 30.4 Å². The molecule has 1 atom stereocenters. The Kier molecular flexibility index (Phi) is 6.03. The number of nitrogens with zero attached hydrogens (tertiary/aromatic N) is 1. The third-order valence-corrected chi connectivity index (χ3v) is 5.76. The van der Waals surface area contributed by atoms with Crippen LogP contribution in [0.5, 0.6) is 5.75 Å². The van der Waals surface area contributed by atoms with Gasteiger partial charge in [0.2, 0.25) is 0 Å². The number of phenols is 1. The Balaban J connectivity index is 2.17. The van der Waals surface area contributed by atoms with Crippen molar-refractivity contribution in [1.82, 2.24) is 4.90 Å². The van der Waals surface area contributed by atoms with Gasteiger partial charge in [0.25, 0.3) is 0 Å². The van der Waals surface area contributed by atoms with Crippen LogP contribution in [0.4, 0.5) is 0 Å². The molecule has 25 heavy (non-hydrogen) atoms. The summed E-state index contributed by atoms with van der Waals surface area (Å²) in [5.74, 6) is 1.03. The molecule has 134 valence electrons. The molecular formula is C22H28ClNO. The second-order valence-corrected chi connectivity index (χ2v) is 7.45. The Hall–Kier alpha value is -1.51. The molecule has 3 heteroatoms. The van der Waals surface area contributed by atoms with Crippen molar-refractivity contribution in [3.8, 4) is 5.75 Å². The number of likely N-dealkylation sites (tertiary alicyclic amines) is 1. The number of halogens is 1.